The summed E-state index contributed by atoms with van der Waals surface area (Å²) in [5.74, 6) is -1.01. The number of hydrogen-bond donors (Lipinski definition) is 0. The van der Waals surface area contributed by atoms with Crippen LogP contribution in [0.3, 0.4) is 0 Å². The standard InChI is InChI=1S/C13H8O3S/c1-7-8-4-2-3-5-11(8)17-12(7)10-6-9(14)13(15)16-10/h2-6H,1H3. The van der Waals surface area contributed by atoms with Gasteiger partial charge < -0.3 is 4.74 Å². The number of carbonyl (C=O) groups excluding carboxylic acids is 2. The van der Waals surface area contributed by atoms with Gasteiger partial charge in [-0.3, -0.25) is 4.79 Å². The molecule has 1 aliphatic rings. The highest BCUT2D eigenvalue weighted by Gasteiger charge is 2.27. The Hall–Kier alpha value is -1.94. The lowest BCUT2D eigenvalue weighted by Gasteiger charge is -1.98. The van der Waals surface area contributed by atoms with Crippen molar-refractivity contribution in [1.82, 2.24) is 0 Å². The maximum Gasteiger partial charge on any atom is 0.384 e. The maximum absolute atomic E-state index is 11.1. The van der Waals surface area contributed by atoms with Gasteiger partial charge in [0.25, 0.3) is 5.78 Å². The second-order valence-electron chi connectivity index (χ2n) is 3.81. The van der Waals surface area contributed by atoms with E-state index in [2.05, 4.69) is 0 Å². The quantitative estimate of drug-likeness (QED) is 0.572. The highest BCUT2D eigenvalue weighted by atomic mass is 32.1. The summed E-state index contributed by atoms with van der Waals surface area (Å²) in [7, 11) is 0. The molecule has 0 fully saturated rings. The van der Waals surface area contributed by atoms with Crippen LogP contribution in [0.15, 0.2) is 30.3 Å². The summed E-state index contributed by atoms with van der Waals surface area (Å²) in [6.07, 6.45) is 1.26. The van der Waals surface area contributed by atoms with Crippen molar-refractivity contribution in [2.75, 3.05) is 0 Å². The van der Waals surface area contributed by atoms with Crippen molar-refractivity contribution in [2.45, 2.75) is 6.92 Å². The van der Waals surface area contributed by atoms with Gasteiger partial charge >= 0.3 is 5.97 Å². The molecule has 0 amide bonds. The number of esters is 1. The summed E-state index contributed by atoms with van der Waals surface area (Å²) in [4.78, 5) is 23.1. The molecule has 1 aliphatic heterocycles. The third-order valence-electron chi connectivity index (χ3n) is 2.73. The Bertz CT molecular complexity index is 679. The SMILES string of the molecule is Cc1c(C2=CC(=O)C(=O)O2)sc2ccccc12. The fraction of sp³-hybridized carbons (Fsp3) is 0.0769. The molecule has 0 saturated carbocycles. The van der Waals surface area contributed by atoms with Crippen molar-refractivity contribution in [2.24, 2.45) is 0 Å². The molecule has 3 nitrogen and oxygen atoms in total. The van der Waals surface area contributed by atoms with E-state index < -0.39 is 11.8 Å². The lowest BCUT2D eigenvalue weighted by Crippen LogP contribution is -2.05. The molecule has 1 aromatic heterocycles. The topological polar surface area (TPSA) is 43.4 Å². The molecule has 2 heterocycles. The first-order valence-corrected chi connectivity index (χ1v) is 5.95. The van der Waals surface area contributed by atoms with Gasteiger partial charge in [-0.15, -0.1) is 11.3 Å². The van der Waals surface area contributed by atoms with Gasteiger partial charge in [0, 0.05) is 10.8 Å². The van der Waals surface area contributed by atoms with Crippen LogP contribution in [-0.2, 0) is 14.3 Å². The van der Waals surface area contributed by atoms with Crippen molar-refractivity contribution in [3.63, 3.8) is 0 Å². The average Bonchev–Trinajstić information content (AvgIpc) is 2.82. The van der Waals surface area contributed by atoms with Gasteiger partial charge in [0.05, 0.1) is 4.88 Å². The number of fused-ring (bicyclic) bond motifs is 1. The second-order valence-corrected chi connectivity index (χ2v) is 4.87. The van der Waals surface area contributed by atoms with E-state index in [-0.39, 0.29) is 0 Å². The number of benzene rings is 1. The van der Waals surface area contributed by atoms with E-state index in [9.17, 15) is 9.59 Å². The van der Waals surface area contributed by atoms with Crippen molar-refractivity contribution in [3.8, 4) is 0 Å². The van der Waals surface area contributed by atoms with Gasteiger partial charge in [0.1, 0.15) is 0 Å². The van der Waals surface area contributed by atoms with Crippen LogP contribution in [0, 0.1) is 6.92 Å². The molecule has 17 heavy (non-hydrogen) atoms. The smallest absolute Gasteiger partial charge is 0.384 e. The molecule has 2 aromatic rings. The van der Waals surface area contributed by atoms with Crippen molar-refractivity contribution in [3.05, 3.63) is 40.8 Å². The first kappa shape index (κ1) is 10.2. The van der Waals surface area contributed by atoms with E-state index in [1.807, 2.05) is 31.2 Å². The molecule has 0 unspecified atom stereocenters. The number of rotatable bonds is 1. The number of thiophene rings is 1. The number of hydrogen-bond acceptors (Lipinski definition) is 4. The zero-order valence-electron chi connectivity index (χ0n) is 9.02. The predicted molar refractivity (Wildman–Crippen MR) is 65.6 cm³/mol. The Balaban J connectivity index is 2.19. The predicted octanol–water partition coefficient (Wildman–Crippen LogP) is 2.68. The molecule has 0 radical (unpaired) electrons. The van der Waals surface area contributed by atoms with Crippen LogP contribution in [0.25, 0.3) is 15.8 Å². The highest BCUT2D eigenvalue weighted by Crippen LogP contribution is 2.36. The fourth-order valence-corrected chi connectivity index (χ4v) is 3.04. The lowest BCUT2D eigenvalue weighted by atomic mass is 10.1. The Labute approximate surface area is 101 Å². The number of ether oxygens (including phenoxy) is 1. The van der Waals surface area contributed by atoms with Gasteiger partial charge in [-0.25, -0.2) is 4.79 Å². The third-order valence-corrected chi connectivity index (χ3v) is 4.02. The summed E-state index contributed by atoms with van der Waals surface area (Å²) in [6.45, 7) is 1.96. The molecule has 0 bridgehead atoms. The molecule has 84 valence electrons. The minimum Gasteiger partial charge on any atom is -0.419 e. The van der Waals surface area contributed by atoms with Crippen LogP contribution in [0.1, 0.15) is 10.4 Å². The Morgan fingerprint density at radius 2 is 1.94 bits per heavy atom. The van der Waals surface area contributed by atoms with Crippen LogP contribution >= 0.6 is 11.3 Å². The van der Waals surface area contributed by atoms with Gasteiger partial charge in [0.2, 0.25) is 0 Å². The Morgan fingerprint density at radius 3 is 2.59 bits per heavy atom. The van der Waals surface area contributed by atoms with Crippen LogP contribution < -0.4 is 0 Å². The monoisotopic (exact) mass is 244 g/mol. The van der Waals surface area contributed by atoms with Gasteiger partial charge in [-0.1, -0.05) is 18.2 Å². The summed E-state index contributed by atoms with van der Waals surface area (Å²) < 4.78 is 6.07. The highest BCUT2D eigenvalue weighted by molar-refractivity contribution is 7.20. The summed E-state index contributed by atoms with van der Waals surface area (Å²) in [5, 5.41) is 1.13. The molecule has 0 N–H and O–H groups in total. The third kappa shape index (κ3) is 1.49. The van der Waals surface area contributed by atoms with Crippen LogP contribution in [0.4, 0.5) is 0 Å². The first-order chi connectivity index (χ1) is 8.16. The van der Waals surface area contributed by atoms with Crippen LogP contribution in [0.2, 0.25) is 0 Å². The molecule has 0 aliphatic carbocycles. The molecule has 0 atom stereocenters. The van der Waals surface area contributed by atoms with E-state index in [0.29, 0.717) is 5.76 Å². The van der Waals surface area contributed by atoms with Gasteiger partial charge in [-0.05, 0) is 23.9 Å². The normalized spacial score (nSPS) is 15.2. The molecule has 4 heteroatoms. The fourth-order valence-electron chi connectivity index (χ4n) is 1.88. The molecule has 3 rings (SSSR count). The lowest BCUT2D eigenvalue weighted by molar-refractivity contribution is -0.144. The van der Waals surface area contributed by atoms with E-state index in [1.165, 1.54) is 17.4 Å². The summed E-state index contributed by atoms with van der Waals surface area (Å²) in [6, 6.07) is 7.95. The van der Waals surface area contributed by atoms with E-state index in [0.717, 1.165) is 20.5 Å². The maximum atomic E-state index is 11.1. The number of aryl methyl sites for hydroxylation is 1. The van der Waals surface area contributed by atoms with Crippen LogP contribution in [0.5, 0.6) is 0 Å². The molecular weight excluding hydrogens is 236 g/mol. The molecular formula is C13H8O3S. The minimum absolute atomic E-state index is 0.374. The summed E-state index contributed by atoms with van der Waals surface area (Å²) >= 11 is 1.53. The van der Waals surface area contributed by atoms with Gasteiger partial charge in [0.15, 0.2) is 5.76 Å². The number of ketones is 1. The second kappa shape index (κ2) is 3.53. The molecule has 1 aromatic carbocycles. The zero-order chi connectivity index (χ0) is 12.0. The van der Waals surface area contributed by atoms with Gasteiger partial charge in [-0.2, -0.15) is 0 Å². The summed E-state index contributed by atoms with van der Waals surface area (Å²) in [5.41, 5.74) is 1.04. The average molecular weight is 244 g/mol. The van der Waals surface area contributed by atoms with E-state index in [1.54, 1.807) is 0 Å². The van der Waals surface area contributed by atoms with E-state index in [4.69, 9.17) is 4.74 Å². The molecule has 0 spiro atoms. The first-order valence-electron chi connectivity index (χ1n) is 5.13. The zero-order valence-corrected chi connectivity index (χ0v) is 9.84. The Morgan fingerprint density at radius 1 is 1.18 bits per heavy atom. The van der Waals surface area contributed by atoms with E-state index >= 15 is 0 Å². The largest absolute Gasteiger partial charge is 0.419 e. The number of cyclic esters (lactones) is 1. The molecule has 0 saturated heterocycles. The Kier molecular flexibility index (Phi) is 2.12. The minimum atomic E-state index is -0.795. The van der Waals surface area contributed by atoms with Crippen molar-refractivity contribution in [1.29, 1.82) is 0 Å². The van der Waals surface area contributed by atoms with Crippen molar-refractivity contribution < 1.29 is 14.3 Å². The number of carbonyl (C=O) groups is 2. The van der Waals surface area contributed by atoms with Crippen LogP contribution in [-0.4, -0.2) is 11.8 Å². The van der Waals surface area contributed by atoms with Crippen molar-refractivity contribution >= 4 is 38.9 Å².